The zero-order valence-electron chi connectivity index (χ0n) is 12.3. The smallest absolute Gasteiger partial charge is 0.326 e. The number of aliphatic carboxylic acids is 1. The van der Waals surface area contributed by atoms with Gasteiger partial charge >= 0.3 is 5.97 Å². The van der Waals surface area contributed by atoms with E-state index < -0.39 is 21.8 Å². The van der Waals surface area contributed by atoms with E-state index in [-0.39, 0.29) is 29.4 Å². The number of nitrogens with zero attached hydrogens (tertiary/aromatic N) is 1. The molecule has 0 fully saturated rings. The Bertz CT molecular complexity index is 642. The van der Waals surface area contributed by atoms with Crippen LogP contribution in [0.3, 0.4) is 0 Å². The minimum absolute atomic E-state index is 0.0100. The van der Waals surface area contributed by atoms with Gasteiger partial charge in [0.05, 0.1) is 10.6 Å². The van der Waals surface area contributed by atoms with Crippen molar-refractivity contribution in [2.24, 2.45) is 0 Å². The predicted molar refractivity (Wildman–Crippen MR) is 85.3 cm³/mol. The molecule has 0 aliphatic carbocycles. The molecule has 22 heavy (non-hydrogen) atoms. The Morgan fingerprint density at radius 1 is 1.27 bits per heavy atom. The van der Waals surface area contributed by atoms with Crippen molar-refractivity contribution >= 4 is 37.6 Å². The first-order valence-corrected chi connectivity index (χ1v) is 9.06. The summed E-state index contributed by atoms with van der Waals surface area (Å²) in [5.74, 6) is -1.64. The number of halogens is 1. The molecule has 0 aliphatic heterocycles. The molecular weight excluding hydrogens is 374 g/mol. The molecule has 0 aliphatic rings. The molecule has 1 aromatic carbocycles. The number of benzene rings is 1. The van der Waals surface area contributed by atoms with E-state index in [2.05, 4.69) is 15.9 Å². The molecule has 0 saturated carbocycles. The Labute approximate surface area is 138 Å². The van der Waals surface area contributed by atoms with E-state index >= 15 is 0 Å². The van der Waals surface area contributed by atoms with Crippen LogP contribution in [-0.2, 0) is 19.4 Å². The maximum absolute atomic E-state index is 12.1. The summed E-state index contributed by atoms with van der Waals surface area (Å²) in [6, 6.07) is 5.34. The van der Waals surface area contributed by atoms with Crippen molar-refractivity contribution in [1.82, 2.24) is 4.90 Å². The van der Waals surface area contributed by atoms with Crippen LogP contribution in [0.1, 0.15) is 19.8 Å². The van der Waals surface area contributed by atoms with Crippen LogP contribution in [0.15, 0.2) is 33.6 Å². The minimum atomic E-state index is -3.44. The molecule has 6 nitrogen and oxygen atoms in total. The van der Waals surface area contributed by atoms with E-state index in [0.717, 1.165) is 9.37 Å². The predicted octanol–water partition coefficient (Wildman–Crippen LogP) is 1.93. The number of amides is 1. The summed E-state index contributed by atoms with van der Waals surface area (Å²) in [6.07, 6.45) is 0.137. The van der Waals surface area contributed by atoms with Gasteiger partial charge in [-0.25, -0.2) is 13.2 Å². The van der Waals surface area contributed by atoms with Gasteiger partial charge in [0.1, 0.15) is 6.04 Å². The van der Waals surface area contributed by atoms with Crippen molar-refractivity contribution in [2.45, 2.75) is 30.7 Å². The average Bonchev–Trinajstić information content (AvgIpc) is 2.45. The molecular formula is C14H18BrNO5S. The Kier molecular flexibility index (Phi) is 6.55. The zero-order valence-corrected chi connectivity index (χ0v) is 14.7. The van der Waals surface area contributed by atoms with Crippen LogP contribution in [0.4, 0.5) is 0 Å². The van der Waals surface area contributed by atoms with Crippen molar-refractivity contribution in [3.8, 4) is 0 Å². The second kappa shape index (κ2) is 7.73. The van der Waals surface area contributed by atoms with Gasteiger partial charge in [-0.2, -0.15) is 0 Å². The van der Waals surface area contributed by atoms with Gasteiger partial charge in [-0.05, 0) is 37.6 Å². The number of rotatable bonds is 7. The highest BCUT2D eigenvalue weighted by atomic mass is 79.9. The Morgan fingerprint density at radius 2 is 1.82 bits per heavy atom. The number of carboxylic acids is 1. The number of sulfone groups is 1. The topological polar surface area (TPSA) is 91.8 Å². The Balaban J connectivity index is 2.58. The number of likely N-dealkylation sites (N-methyl/N-ethyl adjacent to an activating group) is 1. The fourth-order valence-corrected chi connectivity index (χ4v) is 3.31. The summed E-state index contributed by atoms with van der Waals surface area (Å²) in [4.78, 5) is 23.9. The standard InChI is InChI=1S/C14H18BrNO5S/c1-10(14(18)19)16(2)13(17)4-3-9-22(20,21)12-7-5-11(15)6-8-12/h5-8,10H,3-4,9H2,1-2H3,(H,18,19). The lowest BCUT2D eigenvalue weighted by atomic mass is 10.2. The SMILES string of the molecule is CC(C(=O)O)N(C)C(=O)CCCS(=O)(=O)c1ccc(Br)cc1. The van der Waals surface area contributed by atoms with Gasteiger partial charge < -0.3 is 10.0 Å². The maximum Gasteiger partial charge on any atom is 0.326 e. The zero-order chi connectivity index (χ0) is 16.9. The van der Waals surface area contributed by atoms with Crippen molar-refractivity contribution in [3.05, 3.63) is 28.7 Å². The molecule has 1 N–H and O–H groups in total. The second-order valence-corrected chi connectivity index (χ2v) is 7.92. The van der Waals surface area contributed by atoms with Gasteiger partial charge in [0, 0.05) is 17.9 Å². The van der Waals surface area contributed by atoms with Crippen molar-refractivity contribution < 1.29 is 23.1 Å². The Morgan fingerprint density at radius 3 is 2.32 bits per heavy atom. The van der Waals surface area contributed by atoms with Crippen molar-refractivity contribution in [3.63, 3.8) is 0 Å². The van der Waals surface area contributed by atoms with Crippen LogP contribution in [0.5, 0.6) is 0 Å². The van der Waals surface area contributed by atoms with Crippen LogP contribution in [0, 0.1) is 0 Å². The van der Waals surface area contributed by atoms with Gasteiger partial charge in [-0.1, -0.05) is 15.9 Å². The summed E-state index contributed by atoms with van der Waals surface area (Å²) in [5.41, 5.74) is 0. The maximum atomic E-state index is 12.1. The third-order valence-corrected chi connectivity index (χ3v) is 5.65. The largest absolute Gasteiger partial charge is 0.480 e. The molecule has 0 aromatic heterocycles. The number of carboxylic acid groups (broad SMARTS) is 1. The molecule has 1 unspecified atom stereocenters. The van der Waals surface area contributed by atoms with Crippen LogP contribution in [-0.4, -0.2) is 49.1 Å². The molecule has 1 rings (SSSR count). The lowest BCUT2D eigenvalue weighted by Gasteiger charge is -2.21. The molecule has 0 saturated heterocycles. The van der Waals surface area contributed by atoms with Crippen LogP contribution < -0.4 is 0 Å². The third kappa shape index (κ3) is 5.10. The fraction of sp³-hybridized carbons (Fsp3) is 0.429. The highest BCUT2D eigenvalue weighted by molar-refractivity contribution is 9.10. The third-order valence-electron chi connectivity index (χ3n) is 3.31. The van der Waals surface area contributed by atoms with Crippen molar-refractivity contribution in [1.29, 1.82) is 0 Å². The minimum Gasteiger partial charge on any atom is -0.480 e. The molecule has 1 amide bonds. The van der Waals surface area contributed by atoms with Gasteiger partial charge in [0.15, 0.2) is 9.84 Å². The normalized spacial score (nSPS) is 12.7. The number of carbonyl (C=O) groups is 2. The Hall–Kier alpha value is -1.41. The highest BCUT2D eigenvalue weighted by Gasteiger charge is 2.22. The van der Waals surface area contributed by atoms with E-state index in [9.17, 15) is 18.0 Å². The van der Waals surface area contributed by atoms with Gasteiger partial charge in [0.2, 0.25) is 5.91 Å². The number of carbonyl (C=O) groups excluding carboxylic acids is 1. The van der Waals surface area contributed by atoms with E-state index in [1.165, 1.54) is 26.1 Å². The highest BCUT2D eigenvalue weighted by Crippen LogP contribution is 2.17. The number of hydrogen-bond donors (Lipinski definition) is 1. The first-order chi connectivity index (χ1) is 10.1. The first-order valence-electron chi connectivity index (χ1n) is 6.62. The molecule has 1 aromatic rings. The van der Waals surface area contributed by atoms with E-state index in [1.807, 2.05) is 0 Å². The lowest BCUT2D eigenvalue weighted by Crippen LogP contribution is -2.40. The lowest BCUT2D eigenvalue weighted by molar-refractivity contribution is -0.148. The molecule has 0 radical (unpaired) electrons. The summed E-state index contributed by atoms with van der Waals surface area (Å²) < 4.78 is 25.0. The van der Waals surface area contributed by atoms with E-state index in [1.54, 1.807) is 12.1 Å². The summed E-state index contributed by atoms with van der Waals surface area (Å²) >= 11 is 3.23. The summed E-state index contributed by atoms with van der Waals surface area (Å²) in [6.45, 7) is 1.40. The van der Waals surface area contributed by atoms with E-state index in [4.69, 9.17) is 5.11 Å². The first kappa shape index (κ1) is 18.6. The van der Waals surface area contributed by atoms with E-state index in [0.29, 0.717) is 0 Å². The molecule has 8 heteroatoms. The fourth-order valence-electron chi connectivity index (χ4n) is 1.73. The average molecular weight is 392 g/mol. The van der Waals surface area contributed by atoms with Gasteiger partial charge in [-0.3, -0.25) is 4.79 Å². The molecule has 1 atom stereocenters. The van der Waals surface area contributed by atoms with Crippen LogP contribution >= 0.6 is 15.9 Å². The second-order valence-electron chi connectivity index (χ2n) is 4.90. The van der Waals surface area contributed by atoms with Gasteiger partial charge in [-0.15, -0.1) is 0 Å². The van der Waals surface area contributed by atoms with Crippen LogP contribution in [0.2, 0.25) is 0 Å². The van der Waals surface area contributed by atoms with Crippen molar-refractivity contribution in [2.75, 3.05) is 12.8 Å². The monoisotopic (exact) mass is 391 g/mol. The molecule has 122 valence electrons. The molecule has 0 bridgehead atoms. The summed E-state index contributed by atoms with van der Waals surface area (Å²) in [7, 11) is -2.05. The van der Waals surface area contributed by atoms with Crippen LogP contribution in [0.25, 0.3) is 0 Å². The summed E-state index contributed by atoms with van der Waals surface area (Å²) in [5, 5.41) is 8.83. The van der Waals surface area contributed by atoms with Gasteiger partial charge in [0.25, 0.3) is 0 Å². The number of hydrogen-bond acceptors (Lipinski definition) is 4. The molecule has 0 spiro atoms. The molecule has 0 heterocycles. The quantitative estimate of drug-likeness (QED) is 0.766.